The van der Waals surface area contributed by atoms with Gasteiger partial charge in [-0.1, -0.05) is 18.2 Å². The molecule has 126 valence electrons. The molecule has 0 saturated heterocycles. The fourth-order valence-electron chi connectivity index (χ4n) is 1.90. The molecule has 0 unspecified atom stereocenters. The number of urea groups is 1. The van der Waals surface area contributed by atoms with Gasteiger partial charge in [-0.15, -0.1) is 0 Å². The molecule has 0 atom stereocenters. The van der Waals surface area contributed by atoms with Gasteiger partial charge in [-0.05, 0) is 18.6 Å². The van der Waals surface area contributed by atoms with Crippen molar-refractivity contribution in [3.63, 3.8) is 0 Å². The van der Waals surface area contributed by atoms with Crippen LogP contribution in [0.5, 0.6) is 0 Å². The Morgan fingerprint density at radius 1 is 1.13 bits per heavy atom. The maximum absolute atomic E-state index is 12.3. The number of amides is 3. The zero-order valence-electron chi connectivity index (χ0n) is 13.5. The quantitative estimate of drug-likeness (QED) is 0.562. The van der Waals surface area contributed by atoms with Crippen LogP contribution in [0.25, 0.3) is 0 Å². The van der Waals surface area contributed by atoms with Crippen LogP contribution in [0.3, 0.4) is 0 Å². The van der Waals surface area contributed by atoms with Crippen molar-refractivity contribution in [1.29, 1.82) is 0 Å². The average Bonchev–Trinajstić information content (AvgIpc) is 2.54. The number of hydrogen-bond acceptors (Lipinski definition) is 4. The highest BCUT2D eigenvalue weighted by Crippen LogP contribution is 2.07. The van der Waals surface area contributed by atoms with E-state index >= 15 is 0 Å². The van der Waals surface area contributed by atoms with E-state index in [1.165, 1.54) is 18.9 Å². The van der Waals surface area contributed by atoms with Gasteiger partial charge in [0.15, 0.2) is 0 Å². The molecule has 1 aromatic carbocycles. The molecule has 0 aliphatic heterocycles. The second-order valence-electron chi connectivity index (χ2n) is 4.95. The van der Waals surface area contributed by atoms with Crippen molar-refractivity contribution in [2.75, 3.05) is 32.1 Å². The summed E-state index contributed by atoms with van der Waals surface area (Å²) in [6.45, 7) is 2.60. The number of para-hydroxylation sites is 1. The highest BCUT2D eigenvalue weighted by Gasteiger charge is 2.15. The summed E-state index contributed by atoms with van der Waals surface area (Å²) in [4.78, 5) is 36.0. The Balaban J connectivity index is 2.55. The summed E-state index contributed by atoms with van der Waals surface area (Å²) in [6.07, 6.45) is 0.724. The second-order valence-corrected chi connectivity index (χ2v) is 4.95. The number of carbonyl (C=O) groups is 3. The third-order valence-electron chi connectivity index (χ3n) is 3.10. The summed E-state index contributed by atoms with van der Waals surface area (Å²) in [5.41, 5.74) is 0.683. The maximum atomic E-state index is 12.3. The van der Waals surface area contributed by atoms with E-state index in [0.29, 0.717) is 25.2 Å². The molecule has 0 spiro atoms. The van der Waals surface area contributed by atoms with Crippen LogP contribution in [0.4, 0.5) is 10.5 Å². The van der Waals surface area contributed by atoms with Crippen LogP contribution in [0, 0.1) is 0 Å². The van der Waals surface area contributed by atoms with Gasteiger partial charge in [-0.3, -0.25) is 9.59 Å². The minimum absolute atomic E-state index is 0.111. The van der Waals surface area contributed by atoms with Gasteiger partial charge in [-0.2, -0.15) is 0 Å². The standard InChI is InChI=1S/C16H23N3O4/c1-13(20)17-10-6-11-19(12-9-15(21)23-2)16(22)18-14-7-4-3-5-8-14/h3-5,7-8H,6,9-12H2,1-2H3,(H,17,20)(H,18,22). The number of anilines is 1. The highest BCUT2D eigenvalue weighted by atomic mass is 16.5. The monoisotopic (exact) mass is 321 g/mol. The third-order valence-corrected chi connectivity index (χ3v) is 3.10. The minimum Gasteiger partial charge on any atom is -0.469 e. The van der Waals surface area contributed by atoms with Crippen molar-refractivity contribution < 1.29 is 19.1 Å². The maximum Gasteiger partial charge on any atom is 0.321 e. The first-order valence-electron chi connectivity index (χ1n) is 7.45. The first-order valence-corrected chi connectivity index (χ1v) is 7.45. The van der Waals surface area contributed by atoms with Crippen LogP contribution >= 0.6 is 0 Å². The number of carbonyl (C=O) groups excluding carboxylic acids is 3. The van der Waals surface area contributed by atoms with Crippen LogP contribution in [-0.2, 0) is 14.3 Å². The van der Waals surface area contributed by atoms with Crippen LogP contribution in [0.1, 0.15) is 19.8 Å². The Morgan fingerprint density at radius 3 is 2.43 bits per heavy atom. The summed E-state index contributed by atoms with van der Waals surface area (Å²) in [5, 5.41) is 5.46. The topological polar surface area (TPSA) is 87.7 Å². The molecule has 0 aromatic heterocycles. The van der Waals surface area contributed by atoms with Gasteiger partial charge in [0.05, 0.1) is 13.5 Å². The molecule has 7 nitrogen and oxygen atoms in total. The number of rotatable bonds is 8. The van der Waals surface area contributed by atoms with E-state index < -0.39 is 0 Å². The zero-order chi connectivity index (χ0) is 17.1. The van der Waals surface area contributed by atoms with E-state index in [2.05, 4.69) is 15.4 Å². The molecular formula is C16H23N3O4. The fraction of sp³-hybridized carbons (Fsp3) is 0.438. The van der Waals surface area contributed by atoms with E-state index in [1.807, 2.05) is 18.2 Å². The summed E-state index contributed by atoms with van der Waals surface area (Å²) in [7, 11) is 1.31. The van der Waals surface area contributed by atoms with Crippen LogP contribution in [-0.4, -0.2) is 49.6 Å². The molecule has 3 amide bonds. The molecule has 23 heavy (non-hydrogen) atoms. The fourth-order valence-corrected chi connectivity index (χ4v) is 1.90. The molecule has 7 heteroatoms. The molecule has 0 aliphatic rings. The number of ether oxygens (including phenoxy) is 1. The highest BCUT2D eigenvalue weighted by molar-refractivity contribution is 5.89. The van der Waals surface area contributed by atoms with E-state index in [-0.39, 0.29) is 30.9 Å². The lowest BCUT2D eigenvalue weighted by Crippen LogP contribution is -2.38. The summed E-state index contributed by atoms with van der Waals surface area (Å²) >= 11 is 0. The van der Waals surface area contributed by atoms with Gasteiger partial charge in [0.2, 0.25) is 5.91 Å². The predicted octanol–water partition coefficient (Wildman–Crippen LogP) is 1.61. The second kappa shape index (κ2) is 10.2. The van der Waals surface area contributed by atoms with Crippen molar-refractivity contribution >= 4 is 23.6 Å². The van der Waals surface area contributed by atoms with Gasteiger partial charge in [0.25, 0.3) is 0 Å². The lowest BCUT2D eigenvalue weighted by atomic mass is 10.3. The molecule has 2 N–H and O–H groups in total. The number of benzene rings is 1. The summed E-state index contributed by atoms with van der Waals surface area (Å²) in [6, 6.07) is 8.79. The Hall–Kier alpha value is -2.57. The van der Waals surface area contributed by atoms with Crippen molar-refractivity contribution in [1.82, 2.24) is 10.2 Å². The van der Waals surface area contributed by atoms with Gasteiger partial charge < -0.3 is 20.3 Å². The molecule has 0 aliphatic carbocycles. The first-order chi connectivity index (χ1) is 11.0. The van der Waals surface area contributed by atoms with E-state index in [0.717, 1.165) is 0 Å². The normalized spacial score (nSPS) is 9.83. The Labute approximate surface area is 136 Å². The van der Waals surface area contributed by atoms with Gasteiger partial charge in [-0.25, -0.2) is 4.79 Å². The number of nitrogens with zero attached hydrogens (tertiary/aromatic N) is 1. The molecule has 0 heterocycles. The molecule has 1 rings (SSSR count). The Kier molecular flexibility index (Phi) is 8.20. The zero-order valence-corrected chi connectivity index (χ0v) is 13.5. The first kappa shape index (κ1) is 18.5. The van der Waals surface area contributed by atoms with Crippen molar-refractivity contribution in [3.05, 3.63) is 30.3 Å². The molecule has 0 radical (unpaired) electrons. The molecule has 0 fully saturated rings. The number of methoxy groups -OCH3 is 1. The van der Waals surface area contributed by atoms with Crippen LogP contribution < -0.4 is 10.6 Å². The molecule has 1 aromatic rings. The molecule has 0 bridgehead atoms. The molecule has 0 saturated carbocycles. The van der Waals surface area contributed by atoms with Gasteiger partial charge in [0, 0.05) is 32.2 Å². The number of esters is 1. The van der Waals surface area contributed by atoms with Gasteiger partial charge >= 0.3 is 12.0 Å². The van der Waals surface area contributed by atoms with Crippen LogP contribution in [0.2, 0.25) is 0 Å². The van der Waals surface area contributed by atoms with Crippen molar-refractivity contribution in [2.45, 2.75) is 19.8 Å². The summed E-state index contributed by atoms with van der Waals surface area (Å²) < 4.78 is 4.60. The number of hydrogen-bond donors (Lipinski definition) is 2. The van der Waals surface area contributed by atoms with E-state index in [4.69, 9.17) is 0 Å². The average molecular weight is 321 g/mol. The van der Waals surface area contributed by atoms with E-state index in [1.54, 1.807) is 12.1 Å². The van der Waals surface area contributed by atoms with E-state index in [9.17, 15) is 14.4 Å². The largest absolute Gasteiger partial charge is 0.469 e. The summed E-state index contributed by atoms with van der Waals surface area (Å²) in [5.74, 6) is -0.482. The minimum atomic E-state index is -0.371. The van der Waals surface area contributed by atoms with Gasteiger partial charge in [0.1, 0.15) is 0 Å². The lowest BCUT2D eigenvalue weighted by Gasteiger charge is -2.22. The number of nitrogens with one attached hydrogen (secondary N) is 2. The predicted molar refractivity (Wildman–Crippen MR) is 87.0 cm³/mol. The smallest absolute Gasteiger partial charge is 0.321 e. The van der Waals surface area contributed by atoms with Crippen molar-refractivity contribution in [3.8, 4) is 0 Å². The Bertz CT molecular complexity index is 519. The lowest BCUT2D eigenvalue weighted by molar-refractivity contribution is -0.140. The van der Waals surface area contributed by atoms with Crippen molar-refractivity contribution in [2.24, 2.45) is 0 Å². The Morgan fingerprint density at radius 2 is 1.83 bits per heavy atom. The molecular weight excluding hydrogens is 298 g/mol. The third kappa shape index (κ3) is 7.85. The SMILES string of the molecule is COC(=O)CCN(CCCNC(C)=O)C(=O)Nc1ccccc1. The van der Waals surface area contributed by atoms with Crippen LogP contribution in [0.15, 0.2) is 30.3 Å².